The lowest BCUT2D eigenvalue weighted by molar-refractivity contribution is -0.115. The Labute approximate surface area is 144 Å². The van der Waals surface area contributed by atoms with Crippen molar-refractivity contribution in [2.24, 2.45) is 0 Å². The van der Waals surface area contributed by atoms with Gasteiger partial charge in [-0.1, -0.05) is 34.1 Å². The van der Waals surface area contributed by atoms with Crippen LogP contribution in [0.2, 0.25) is 0 Å². The van der Waals surface area contributed by atoms with E-state index in [0.29, 0.717) is 5.69 Å². The van der Waals surface area contributed by atoms with Crippen molar-refractivity contribution in [1.29, 1.82) is 0 Å². The number of hydrogen-bond acceptors (Lipinski definition) is 3. The van der Waals surface area contributed by atoms with Gasteiger partial charge in [0.1, 0.15) is 0 Å². The first-order chi connectivity index (χ1) is 10.8. The summed E-state index contributed by atoms with van der Waals surface area (Å²) in [7, 11) is -3.71. The quantitative estimate of drug-likeness (QED) is 0.815. The second-order valence-corrected chi connectivity index (χ2v) is 7.77. The highest BCUT2D eigenvalue weighted by Crippen LogP contribution is 2.20. The molecule has 2 N–H and O–H groups in total. The van der Waals surface area contributed by atoms with E-state index in [1.165, 1.54) is 6.07 Å². The number of carbonyl (C=O) groups is 1. The second-order valence-electron chi connectivity index (χ2n) is 5.15. The van der Waals surface area contributed by atoms with Gasteiger partial charge in [0, 0.05) is 10.2 Å². The van der Waals surface area contributed by atoms with E-state index in [1.54, 1.807) is 37.3 Å². The van der Waals surface area contributed by atoms with Crippen LogP contribution in [-0.4, -0.2) is 20.9 Å². The van der Waals surface area contributed by atoms with E-state index < -0.39 is 15.9 Å². The summed E-state index contributed by atoms with van der Waals surface area (Å²) in [5.74, 6) is -0.433. The van der Waals surface area contributed by atoms with Gasteiger partial charge in [-0.3, -0.25) is 4.79 Å². The predicted molar refractivity (Wildman–Crippen MR) is 93.9 cm³/mol. The smallest absolute Gasteiger partial charge is 0.241 e. The van der Waals surface area contributed by atoms with E-state index in [0.717, 1.165) is 15.6 Å². The summed E-state index contributed by atoms with van der Waals surface area (Å²) < 4.78 is 27.5. The molecule has 0 heterocycles. The van der Waals surface area contributed by atoms with E-state index in [4.69, 9.17) is 0 Å². The molecular formula is C16H17BrN2O3S. The van der Waals surface area contributed by atoms with Gasteiger partial charge < -0.3 is 5.32 Å². The lowest BCUT2D eigenvalue weighted by atomic mass is 10.2. The molecule has 2 aromatic rings. The molecule has 2 aromatic carbocycles. The number of amides is 1. The van der Waals surface area contributed by atoms with E-state index in [-0.39, 0.29) is 11.4 Å². The minimum absolute atomic E-state index is 0.142. The number of hydrogen-bond donors (Lipinski definition) is 2. The SMILES string of the molecule is Cc1cccc(S(=O)(=O)NCC(=O)Nc2ccc(C)c(Br)c2)c1. The first kappa shape index (κ1) is 17.7. The van der Waals surface area contributed by atoms with Crippen LogP contribution in [0, 0.1) is 13.8 Å². The highest BCUT2D eigenvalue weighted by Gasteiger charge is 2.15. The zero-order valence-corrected chi connectivity index (χ0v) is 15.2. The number of anilines is 1. The van der Waals surface area contributed by atoms with E-state index in [1.807, 2.05) is 13.0 Å². The van der Waals surface area contributed by atoms with Gasteiger partial charge in [-0.05, 0) is 49.2 Å². The number of aryl methyl sites for hydroxylation is 2. The maximum Gasteiger partial charge on any atom is 0.241 e. The summed E-state index contributed by atoms with van der Waals surface area (Å²) in [6.45, 7) is 3.41. The number of benzene rings is 2. The summed E-state index contributed by atoms with van der Waals surface area (Å²) in [6, 6.07) is 11.9. The van der Waals surface area contributed by atoms with Crippen LogP contribution in [0.3, 0.4) is 0 Å². The zero-order valence-electron chi connectivity index (χ0n) is 12.8. The van der Waals surface area contributed by atoms with Crippen LogP contribution in [-0.2, 0) is 14.8 Å². The largest absolute Gasteiger partial charge is 0.325 e. The van der Waals surface area contributed by atoms with Gasteiger partial charge in [0.25, 0.3) is 0 Å². The van der Waals surface area contributed by atoms with Crippen LogP contribution < -0.4 is 10.0 Å². The van der Waals surface area contributed by atoms with Crippen molar-refractivity contribution in [3.8, 4) is 0 Å². The van der Waals surface area contributed by atoms with Crippen molar-refractivity contribution in [3.05, 3.63) is 58.1 Å². The number of sulfonamides is 1. The van der Waals surface area contributed by atoms with Crippen molar-refractivity contribution in [3.63, 3.8) is 0 Å². The summed E-state index contributed by atoms with van der Waals surface area (Å²) in [6.07, 6.45) is 0. The number of carbonyl (C=O) groups excluding carboxylic acids is 1. The van der Waals surface area contributed by atoms with Crippen molar-refractivity contribution >= 4 is 37.5 Å². The van der Waals surface area contributed by atoms with Crippen LogP contribution in [0.1, 0.15) is 11.1 Å². The van der Waals surface area contributed by atoms with Gasteiger partial charge in [-0.25, -0.2) is 13.1 Å². The normalized spacial score (nSPS) is 11.3. The minimum Gasteiger partial charge on any atom is -0.325 e. The molecule has 122 valence electrons. The Morgan fingerprint density at radius 3 is 2.52 bits per heavy atom. The van der Waals surface area contributed by atoms with Crippen molar-refractivity contribution in [1.82, 2.24) is 4.72 Å². The zero-order chi connectivity index (χ0) is 17.0. The number of halogens is 1. The molecule has 0 aliphatic carbocycles. The van der Waals surface area contributed by atoms with Crippen molar-refractivity contribution < 1.29 is 13.2 Å². The summed E-state index contributed by atoms with van der Waals surface area (Å²) in [5, 5.41) is 2.65. The highest BCUT2D eigenvalue weighted by molar-refractivity contribution is 9.10. The molecule has 0 atom stereocenters. The third-order valence-corrected chi connectivity index (χ3v) is 5.43. The Kier molecular flexibility index (Phi) is 5.56. The summed E-state index contributed by atoms with van der Waals surface area (Å²) in [5.41, 5.74) is 2.48. The molecule has 0 saturated heterocycles. The van der Waals surface area contributed by atoms with Crippen LogP contribution >= 0.6 is 15.9 Å². The monoisotopic (exact) mass is 396 g/mol. The number of nitrogens with one attached hydrogen (secondary N) is 2. The Balaban J connectivity index is 1.99. The molecule has 0 radical (unpaired) electrons. The molecule has 5 nitrogen and oxygen atoms in total. The Bertz CT molecular complexity index is 835. The Hall–Kier alpha value is -1.70. The van der Waals surface area contributed by atoms with Crippen LogP contribution in [0.15, 0.2) is 51.8 Å². The van der Waals surface area contributed by atoms with Crippen LogP contribution in [0.5, 0.6) is 0 Å². The third-order valence-electron chi connectivity index (χ3n) is 3.18. The fourth-order valence-electron chi connectivity index (χ4n) is 1.90. The molecule has 1 amide bonds. The highest BCUT2D eigenvalue weighted by atomic mass is 79.9. The molecule has 0 spiro atoms. The number of rotatable bonds is 5. The van der Waals surface area contributed by atoms with Crippen molar-refractivity contribution in [2.45, 2.75) is 18.7 Å². The molecular weight excluding hydrogens is 380 g/mol. The topological polar surface area (TPSA) is 75.3 Å². The molecule has 0 aromatic heterocycles. The fraction of sp³-hybridized carbons (Fsp3) is 0.188. The van der Waals surface area contributed by atoms with Gasteiger partial charge >= 0.3 is 0 Å². The molecule has 0 unspecified atom stereocenters. The molecule has 7 heteroatoms. The molecule has 0 fully saturated rings. The average Bonchev–Trinajstić information content (AvgIpc) is 2.49. The maximum absolute atomic E-state index is 12.1. The van der Waals surface area contributed by atoms with Gasteiger partial charge in [0.05, 0.1) is 11.4 Å². The average molecular weight is 397 g/mol. The van der Waals surface area contributed by atoms with Gasteiger partial charge in [0.2, 0.25) is 15.9 Å². The molecule has 23 heavy (non-hydrogen) atoms. The van der Waals surface area contributed by atoms with Gasteiger partial charge in [0.15, 0.2) is 0 Å². The Morgan fingerprint density at radius 2 is 1.87 bits per heavy atom. The van der Waals surface area contributed by atoms with Crippen LogP contribution in [0.4, 0.5) is 5.69 Å². The van der Waals surface area contributed by atoms with Gasteiger partial charge in [-0.2, -0.15) is 0 Å². The maximum atomic E-state index is 12.1. The van der Waals surface area contributed by atoms with Gasteiger partial charge in [-0.15, -0.1) is 0 Å². The molecule has 0 aliphatic rings. The molecule has 0 aliphatic heterocycles. The van der Waals surface area contributed by atoms with Crippen LogP contribution in [0.25, 0.3) is 0 Å². The fourth-order valence-corrected chi connectivity index (χ4v) is 3.37. The van der Waals surface area contributed by atoms with E-state index in [9.17, 15) is 13.2 Å². The van der Waals surface area contributed by atoms with Crippen molar-refractivity contribution in [2.75, 3.05) is 11.9 Å². The second kappa shape index (κ2) is 7.25. The third kappa shape index (κ3) is 4.89. The first-order valence-electron chi connectivity index (χ1n) is 6.90. The standard InChI is InChI=1S/C16H17BrN2O3S/c1-11-4-3-5-14(8-11)23(21,22)18-10-16(20)19-13-7-6-12(2)15(17)9-13/h3-9,18H,10H2,1-2H3,(H,19,20). The molecule has 0 saturated carbocycles. The first-order valence-corrected chi connectivity index (χ1v) is 9.18. The lowest BCUT2D eigenvalue weighted by Crippen LogP contribution is -2.32. The van der Waals surface area contributed by atoms with E-state index in [2.05, 4.69) is 26.0 Å². The van der Waals surface area contributed by atoms with E-state index >= 15 is 0 Å². The Morgan fingerprint density at radius 1 is 1.13 bits per heavy atom. The lowest BCUT2D eigenvalue weighted by Gasteiger charge is -2.09. The molecule has 0 bridgehead atoms. The minimum atomic E-state index is -3.71. The predicted octanol–water partition coefficient (Wildman–Crippen LogP) is 2.98. The molecule has 2 rings (SSSR count). The summed E-state index contributed by atoms with van der Waals surface area (Å²) in [4.78, 5) is 12.0. The summed E-state index contributed by atoms with van der Waals surface area (Å²) >= 11 is 3.38.